The van der Waals surface area contributed by atoms with Gasteiger partial charge in [0.1, 0.15) is 5.75 Å². The smallest absolute Gasteiger partial charge is 0.314 e. The van der Waals surface area contributed by atoms with Crippen molar-refractivity contribution in [3.63, 3.8) is 0 Å². The Bertz CT molecular complexity index is 704. The maximum absolute atomic E-state index is 11.8. The van der Waals surface area contributed by atoms with E-state index in [9.17, 15) is 9.90 Å². The molecule has 0 unspecified atom stereocenters. The molecule has 134 valence electrons. The lowest BCUT2D eigenvalue weighted by molar-refractivity contribution is 0.241. The number of amides is 2. The molecule has 0 saturated carbocycles. The number of nitrogens with one attached hydrogen (secondary N) is 2. The summed E-state index contributed by atoms with van der Waals surface area (Å²) in [6.45, 7) is 1.03. The average molecular weight is 344 g/mol. The quantitative estimate of drug-likeness (QED) is 0.687. The number of carbonyl (C=O) groups is 1. The molecule has 25 heavy (non-hydrogen) atoms. The van der Waals surface area contributed by atoms with Gasteiger partial charge in [-0.1, -0.05) is 18.2 Å². The second-order valence-electron chi connectivity index (χ2n) is 5.54. The molecule has 0 bridgehead atoms. The second kappa shape index (κ2) is 9.42. The number of phenolic OH excluding ortho intramolecular Hbond substituents is 1. The Morgan fingerprint density at radius 1 is 0.920 bits per heavy atom. The Hall–Kier alpha value is -2.89. The minimum absolute atomic E-state index is 0.208. The standard InChI is InChI=1S/C19H24N2O4/c1-24-17-7-6-15(13-18(17)25-2)9-11-21-19(23)20-10-8-14-4-3-5-16(22)12-14/h3-7,12-13,22H,8-11H2,1-2H3,(H2,20,21,23). The van der Waals surface area contributed by atoms with Crippen molar-refractivity contribution in [1.29, 1.82) is 0 Å². The Kier molecular flexibility index (Phi) is 6.95. The number of aromatic hydroxyl groups is 1. The monoisotopic (exact) mass is 344 g/mol. The van der Waals surface area contributed by atoms with Crippen molar-refractivity contribution in [3.05, 3.63) is 53.6 Å². The van der Waals surface area contributed by atoms with Crippen molar-refractivity contribution in [2.45, 2.75) is 12.8 Å². The van der Waals surface area contributed by atoms with Crippen LogP contribution in [0, 0.1) is 0 Å². The molecule has 6 heteroatoms. The zero-order valence-corrected chi connectivity index (χ0v) is 14.5. The van der Waals surface area contributed by atoms with E-state index in [-0.39, 0.29) is 11.8 Å². The topological polar surface area (TPSA) is 79.8 Å². The highest BCUT2D eigenvalue weighted by molar-refractivity contribution is 5.73. The van der Waals surface area contributed by atoms with E-state index in [4.69, 9.17) is 9.47 Å². The van der Waals surface area contributed by atoms with Crippen LogP contribution in [0.5, 0.6) is 17.2 Å². The summed E-state index contributed by atoms with van der Waals surface area (Å²) in [4.78, 5) is 11.8. The highest BCUT2D eigenvalue weighted by atomic mass is 16.5. The summed E-state index contributed by atoms with van der Waals surface area (Å²) >= 11 is 0. The van der Waals surface area contributed by atoms with Gasteiger partial charge in [0.05, 0.1) is 14.2 Å². The lowest BCUT2D eigenvalue weighted by atomic mass is 10.1. The normalized spacial score (nSPS) is 10.2. The Balaban J connectivity index is 1.70. The number of ether oxygens (including phenoxy) is 2. The summed E-state index contributed by atoms with van der Waals surface area (Å²) in [5, 5.41) is 15.0. The zero-order chi connectivity index (χ0) is 18.1. The third-order valence-electron chi connectivity index (χ3n) is 3.76. The molecule has 0 atom stereocenters. The second-order valence-corrected chi connectivity index (χ2v) is 5.54. The van der Waals surface area contributed by atoms with Crippen LogP contribution in [-0.4, -0.2) is 38.4 Å². The third kappa shape index (κ3) is 5.91. The lowest BCUT2D eigenvalue weighted by Crippen LogP contribution is -2.37. The van der Waals surface area contributed by atoms with Crippen LogP contribution in [0.1, 0.15) is 11.1 Å². The van der Waals surface area contributed by atoms with Crippen molar-refractivity contribution >= 4 is 6.03 Å². The van der Waals surface area contributed by atoms with E-state index in [1.54, 1.807) is 32.4 Å². The molecule has 2 amide bonds. The minimum atomic E-state index is -0.208. The maximum Gasteiger partial charge on any atom is 0.314 e. The van der Waals surface area contributed by atoms with Gasteiger partial charge < -0.3 is 25.2 Å². The first-order valence-electron chi connectivity index (χ1n) is 8.13. The van der Waals surface area contributed by atoms with Crippen molar-refractivity contribution in [2.24, 2.45) is 0 Å². The van der Waals surface area contributed by atoms with E-state index >= 15 is 0 Å². The molecule has 0 aromatic heterocycles. The molecule has 2 aromatic rings. The fourth-order valence-electron chi connectivity index (χ4n) is 2.45. The largest absolute Gasteiger partial charge is 0.508 e. The van der Waals surface area contributed by atoms with Crippen molar-refractivity contribution in [1.82, 2.24) is 10.6 Å². The number of phenols is 1. The third-order valence-corrected chi connectivity index (χ3v) is 3.76. The van der Waals surface area contributed by atoms with Gasteiger partial charge in [-0.15, -0.1) is 0 Å². The maximum atomic E-state index is 11.8. The van der Waals surface area contributed by atoms with E-state index in [1.165, 1.54) is 0 Å². The molecule has 0 fully saturated rings. The first-order chi connectivity index (χ1) is 12.1. The van der Waals surface area contributed by atoms with E-state index in [0.29, 0.717) is 37.4 Å². The SMILES string of the molecule is COc1ccc(CCNC(=O)NCCc2cccc(O)c2)cc1OC. The molecule has 0 spiro atoms. The average Bonchev–Trinajstić information content (AvgIpc) is 2.61. The van der Waals surface area contributed by atoms with E-state index in [0.717, 1.165) is 11.1 Å². The van der Waals surface area contributed by atoms with Crippen molar-refractivity contribution in [3.8, 4) is 17.2 Å². The number of urea groups is 1. The first-order valence-corrected chi connectivity index (χ1v) is 8.13. The van der Waals surface area contributed by atoms with Crippen LogP contribution in [0.4, 0.5) is 4.79 Å². The molecular weight excluding hydrogens is 320 g/mol. The van der Waals surface area contributed by atoms with Gasteiger partial charge in [0.15, 0.2) is 11.5 Å². The molecule has 6 nitrogen and oxygen atoms in total. The van der Waals surface area contributed by atoms with Gasteiger partial charge in [-0.25, -0.2) is 4.79 Å². The van der Waals surface area contributed by atoms with E-state index < -0.39 is 0 Å². The van der Waals surface area contributed by atoms with Crippen LogP contribution in [0.3, 0.4) is 0 Å². The highest BCUT2D eigenvalue weighted by Crippen LogP contribution is 2.27. The molecule has 2 aromatic carbocycles. The van der Waals surface area contributed by atoms with Gasteiger partial charge in [-0.2, -0.15) is 0 Å². The van der Waals surface area contributed by atoms with Gasteiger partial charge >= 0.3 is 6.03 Å². The number of rotatable bonds is 8. The van der Waals surface area contributed by atoms with Gasteiger partial charge in [-0.05, 0) is 48.2 Å². The molecule has 0 heterocycles. The van der Waals surface area contributed by atoms with Crippen molar-refractivity contribution < 1.29 is 19.4 Å². The van der Waals surface area contributed by atoms with Crippen LogP contribution in [0.25, 0.3) is 0 Å². The molecular formula is C19H24N2O4. The number of methoxy groups -OCH3 is 2. The van der Waals surface area contributed by atoms with Gasteiger partial charge in [0.2, 0.25) is 0 Å². The number of hydrogen-bond donors (Lipinski definition) is 3. The summed E-state index contributed by atoms with van der Waals surface area (Å²) in [7, 11) is 3.19. The molecule has 3 N–H and O–H groups in total. The summed E-state index contributed by atoms with van der Waals surface area (Å²) in [5.41, 5.74) is 2.03. The summed E-state index contributed by atoms with van der Waals surface area (Å²) < 4.78 is 10.5. The van der Waals surface area contributed by atoms with E-state index in [1.807, 2.05) is 24.3 Å². The lowest BCUT2D eigenvalue weighted by Gasteiger charge is -2.10. The predicted octanol–water partition coefficient (Wildman–Crippen LogP) is 2.49. The van der Waals surface area contributed by atoms with Crippen LogP contribution in [0.2, 0.25) is 0 Å². The Morgan fingerprint density at radius 3 is 2.16 bits per heavy atom. The number of carbonyl (C=O) groups excluding carboxylic acids is 1. The first kappa shape index (κ1) is 18.4. The minimum Gasteiger partial charge on any atom is -0.508 e. The van der Waals surface area contributed by atoms with Crippen molar-refractivity contribution in [2.75, 3.05) is 27.3 Å². The summed E-state index contributed by atoms with van der Waals surface area (Å²) in [5.74, 6) is 1.59. The predicted molar refractivity (Wildman–Crippen MR) is 96.5 cm³/mol. The molecule has 0 radical (unpaired) electrons. The highest BCUT2D eigenvalue weighted by Gasteiger charge is 2.05. The van der Waals surface area contributed by atoms with E-state index in [2.05, 4.69) is 10.6 Å². The van der Waals surface area contributed by atoms with Crippen LogP contribution in [0.15, 0.2) is 42.5 Å². The molecule has 0 aliphatic carbocycles. The fraction of sp³-hybridized carbons (Fsp3) is 0.316. The molecule has 2 rings (SSSR count). The molecule has 0 aliphatic rings. The van der Waals surface area contributed by atoms with Crippen LogP contribution in [-0.2, 0) is 12.8 Å². The molecule has 0 saturated heterocycles. The van der Waals surface area contributed by atoms with Crippen LogP contribution < -0.4 is 20.1 Å². The van der Waals surface area contributed by atoms with Gasteiger partial charge in [0, 0.05) is 13.1 Å². The summed E-state index contributed by atoms with van der Waals surface area (Å²) in [6.07, 6.45) is 1.36. The van der Waals surface area contributed by atoms with Gasteiger partial charge in [-0.3, -0.25) is 0 Å². The Labute approximate surface area is 147 Å². The zero-order valence-electron chi connectivity index (χ0n) is 14.5. The fourth-order valence-corrected chi connectivity index (χ4v) is 2.45. The number of benzene rings is 2. The molecule has 0 aliphatic heterocycles. The summed E-state index contributed by atoms with van der Waals surface area (Å²) in [6, 6.07) is 12.5. The number of hydrogen-bond acceptors (Lipinski definition) is 4. The Morgan fingerprint density at radius 2 is 1.56 bits per heavy atom. The van der Waals surface area contributed by atoms with Gasteiger partial charge in [0.25, 0.3) is 0 Å². The van der Waals surface area contributed by atoms with Crippen LogP contribution >= 0.6 is 0 Å².